The topological polar surface area (TPSA) is 60.5 Å². The number of hydrogen-bond donors (Lipinski definition) is 0. The third-order valence-corrected chi connectivity index (χ3v) is 4.18. The highest BCUT2D eigenvalue weighted by Gasteiger charge is 2.26. The van der Waals surface area contributed by atoms with Crippen LogP contribution in [-0.2, 0) is 16.8 Å². The van der Waals surface area contributed by atoms with Gasteiger partial charge in [-0.05, 0) is 45.7 Å². The highest BCUT2D eigenvalue weighted by Crippen LogP contribution is 2.19. The van der Waals surface area contributed by atoms with Crippen LogP contribution in [0.5, 0.6) is 0 Å². The summed E-state index contributed by atoms with van der Waals surface area (Å²) in [5.74, 6) is 0.724. The molecule has 0 saturated carbocycles. The Bertz CT molecular complexity index is 664. The number of ether oxygens (including phenoxy) is 1. The van der Waals surface area contributed by atoms with Gasteiger partial charge in [-0.1, -0.05) is 0 Å². The van der Waals surface area contributed by atoms with Crippen LogP contribution < -0.4 is 0 Å². The van der Waals surface area contributed by atoms with Gasteiger partial charge >= 0.3 is 0 Å². The molecule has 0 aliphatic carbocycles. The van der Waals surface area contributed by atoms with E-state index in [0.29, 0.717) is 18.7 Å². The first kappa shape index (κ1) is 16.8. The van der Waals surface area contributed by atoms with E-state index < -0.39 is 0 Å². The molecule has 0 N–H and O–H groups in total. The zero-order chi connectivity index (χ0) is 17.2. The van der Waals surface area contributed by atoms with Crippen molar-refractivity contribution >= 4 is 5.91 Å². The van der Waals surface area contributed by atoms with E-state index in [1.165, 1.54) is 0 Å². The number of nitrogens with zero attached hydrogens (tertiary/aromatic N) is 3. The van der Waals surface area contributed by atoms with Crippen molar-refractivity contribution in [1.29, 1.82) is 0 Å². The first-order valence-electron chi connectivity index (χ1n) is 8.42. The Morgan fingerprint density at radius 3 is 2.88 bits per heavy atom. The fraction of sp³-hybridized carbons (Fsp3) is 0.556. The number of aromatic nitrogens is 2. The Morgan fingerprint density at radius 2 is 2.29 bits per heavy atom. The highest BCUT2D eigenvalue weighted by atomic mass is 16.5. The van der Waals surface area contributed by atoms with Gasteiger partial charge in [-0.15, -0.1) is 0 Å². The molecular weight excluding hydrogens is 306 g/mol. The van der Waals surface area contributed by atoms with E-state index in [2.05, 4.69) is 25.9 Å². The highest BCUT2D eigenvalue weighted by molar-refractivity contribution is 5.93. The maximum Gasteiger partial charge on any atom is 0.257 e. The molecule has 1 fully saturated rings. The van der Waals surface area contributed by atoms with E-state index in [-0.39, 0.29) is 17.6 Å². The number of carbonyl (C=O) groups excluding carboxylic acids is 1. The lowest BCUT2D eigenvalue weighted by Crippen LogP contribution is -2.36. The quantitative estimate of drug-likeness (QED) is 0.845. The molecule has 1 atom stereocenters. The molecule has 1 saturated heterocycles. The van der Waals surface area contributed by atoms with Crippen LogP contribution in [0.1, 0.15) is 49.7 Å². The molecule has 24 heavy (non-hydrogen) atoms. The zero-order valence-electron chi connectivity index (χ0n) is 14.6. The van der Waals surface area contributed by atoms with Gasteiger partial charge in [0, 0.05) is 19.3 Å². The Balaban J connectivity index is 1.77. The van der Waals surface area contributed by atoms with Crippen LogP contribution >= 0.6 is 0 Å². The summed E-state index contributed by atoms with van der Waals surface area (Å²) in [6.45, 7) is 7.95. The van der Waals surface area contributed by atoms with E-state index in [0.717, 1.165) is 25.2 Å². The smallest absolute Gasteiger partial charge is 0.257 e. The van der Waals surface area contributed by atoms with Crippen LogP contribution in [0.15, 0.2) is 35.2 Å². The summed E-state index contributed by atoms with van der Waals surface area (Å²) < 4.78 is 12.9. The van der Waals surface area contributed by atoms with Crippen molar-refractivity contribution < 1.29 is 13.9 Å². The Labute approximate surface area is 142 Å². The number of hydrogen-bond acceptors (Lipinski definition) is 4. The van der Waals surface area contributed by atoms with Crippen molar-refractivity contribution in [2.75, 3.05) is 13.2 Å². The van der Waals surface area contributed by atoms with Gasteiger partial charge in [0.2, 0.25) is 0 Å². The molecule has 6 heteroatoms. The lowest BCUT2D eigenvalue weighted by molar-refractivity contribution is 0.0491. The van der Waals surface area contributed by atoms with E-state index in [9.17, 15) is 4.79 Å². The zero-order valence-corrected chi connectivity index (χ0v) is 14.6. The van der Waals surface area contributed by atoms with Gasteiger partial charge in [-0.2, -0.15) is 5.10 Å². The lowest BCUT2D eigenvalue weighted by atomic mass is 10.1. The molecule has 0 radical (unpaired) electrons. The molecule has 3 heterocycles. The van der Waals surface area contributed by atoms with Crippen molar-refractivity contribution in [3.63, 3.8) is 0 Å². The fourth-order valence-corrected chi connectivity index (χ4v) is 2.83. The van der Waals surface area contributed by atoms with Crippen molar-refractivity contribution in [1.82, 2.24) is 14.7 Å². The summed E-state index contributed by atoms with van der Waals surface area (Å²) in [5, 5.41) is 4.33. The first-order valence-corrected chi connectivity index (χ1v) is 8.42. The Morgan fingerprint density at radius 1 is 1.46 bits per heavy atom. The molecule has 3 rings (SSSR count). The molecule has 2 aromatic heterocycles. The SMILES string of the molecule is CC(C)(C)n1cc(C(=O)N(Cc2ccco2)C[C@H]2CCCO2)cn1. The summed E-state index contributed by atoms with van der Waals surface area (Å²) >= 11 is 0. The molecule has 0 aromatic carbocycles. The Kier molecular flexibility index (Phi) is 4.76. The summed E-state index contributed by atoms with van der Waals surface area (Å²) in [5.41, 5.74) is 0.438. The van der Waals surface area contributed by atoms with Crippen LogP contribution in [0.4, 0.5) is 0 Å². The van der Waals surface area contributed by atoms with E-state index in [4.69, 9.17) is 9.15 Å². The molecule has 1 aliphatic rings. The molecule has 0 spiro atoms. The minimum Gasteiger partial charge on any atom is -0.467 e. The predicted octanol–water partition coefficient (Wildman–Crippen LogP) is 3.05. The second-order valence-corrected chi connectivity index (χ2v) is 7.24. The third kappa shape index (κ3) is 3.87. The molecule has 6 nitrogen and oxygen atoms in total. The number of carbonyl (C=O) groups is 1. The maximum absolute atomic E-state index is 13.0. The van der Waals surface area contributed by atoms with Crippen molar-refractivity contribution in [2.24, 2.45) is 0 Å². The molecule has 130 valence electrons. The third-order valence-electron chi connectivity index (χ3n) is 4.18. The predicted molar refractivity (Wildman–Crippen MR) is 89.6 cm³/mol. The van der Waals surface area contributed by atoms with Crippen molar-refractivity contribution in [3.05, 3.63) is 42.1 Å². The average molecular weight is 331 g/mol. The lowest BCUT2D eigenvalue weighted by Gasteiger charge is -2.24. The number of rotatable bonds is 5. The molecule has 1 aliphatic heterocycles. The van der Waals surface area contributed by atoms with E-state index >= 15 is 0 Å². The fourth-order valence-electron chi connectivity index (χ4n) is 2.83. The molecule has 0 unspecified atom stereocenters. The van der Waals surface area contributed by atoms with Crippen LogP contribution in [0.2, 0.25) is 0 Å². The number of furan rings is 1. The molecular formula is C18H25N3O3. The minimum atomic E-state index is -0.154. The molecule has 0 bridgehead atoms. The van der Waals surface area contributed by atoms with Crippen LogP contribution in [-0.4, -0.2) is 39.8 Å². The molecule has 1 amide bonds. The minimum absolute atomic E-state index is 0.0441. The second kappa shape index (κ2) is 6.81. The normalized spacial score (nSPS) is 18.0. The van der Waals surface area contributed by atoms with Crippen molar-refractivity contribution in [2.45, 2.75) is 51.8 Å². The van der Waals surface area contributed by atoms with Gasteiger partial charge in [0.1, 0.15) is 5.76 Å². The van der Waals surface area contributed by atoms with Crippen molar-refractivity contribution in [3.8, 4) is 0 Å². The van der Waals surface area contributed by atoms with Crippen LogP contribution in [0, 0.1) is 0 Å². The van der Waals surface area contributed by atoms with Gasteiger partial charge < -0.3 is 14.1 Å². The van der Waals surface area contributed by atoms with E-state index in [1.807, 2.05) is 23.0 Å². The standard InChI is InChI=1S/C18H25N3O3/c1-18(2,3)21-11-14(10-19-21)17(22)20(12-15-6-4-8-23-15)13-16-7-5-9-24-16/h4,6,8,10-11,16H,5,7,9,12-13H2,1-3H3/t16-/m1/s1. The first-order chi connectivity index (χ1) is 11.4. The largest absolute Gasteiger partial charge is 0.467 e. The second-order valence-electron chi connectivity index (χ2n) is 7.24. The monoisotopic (exact) mass is 331 g/mol. The van der Waals surface area contributed by atoms with Crippen LogP contribution in [0.3, 0.4) is 0 Å². The number of amides is 1. The Hall–Kier alpha value is -2.08. The van der Waals surface area contributed by atoms with Gasteiger partial charge in [-0.25, -0.2) is 0 Å². The van der Waals surface area contributed by atoms with Gasteiger partial charge in [0.15, 0.2) is 0 Å². The summed E-state index contributed by atoms with van der Waals surface area (Å²) in [7, 11) is 0. The summed E-state index contributed by atoms with van der Waals surface area (Å²) in [6.07, 6.45) is 7.22. The maximum atomic E-state index is 13.0. The van der Waals surface area contributed by atoms with Gasteiger partial charge in [0.05, 0.1) is 36.2 Å². The molecule has 2 aromatic rings. The van der Waals surface area contributed by atoms with Gasteiger partial charge in [-0.3, -0.25) is 9.48 Å². The van der Waals surface area contributed by atoms with Crippen LogP contribution in [0.25, 0.3) is 0 Å². The summed E-state index contributed by atoms with van der Waals surface area (Å²) in [4.78, 5) is 14.8. The van der Waals surface area contributed by atoms with Gasteiger partial charge in [0.25, 0.3) is 5.91 Å². The summed E-state index contributed by atoms with van der Waals surface area (Å²) in [6, 6.07) is 3.72. The average Bonchev–Trinajstić information content (AvgIpc) is 3.27. The van der Waals surface area contributed by atoms with E-state index in [1.54, 1.807) is 17.4 Å².